The van der Waals surface area contributed by atoms with Crippen LogP contribution >= 0.6 is 0 Å². The molecule has 2 aromatic carbocycles. The van der Waals surface area contributed by atoms with E-state index in [1.54, 1.807) is 0 Å². The van der Waals surface area contributed by atoms with Gasteiger partial charge in [-0.05, 0) is 25.0 Å². The maximum atomic E-state index is 12.8. The number of carboxylic acid groups (broad SMARTS) is 2. The zero-order valence-electron chi connectivity index (χ0n) is 19.6. The second kappa shape index (κ2) is 11.6. The van der Waals surface area contributed by atoms with Crippen LogP contribution in [0.2, 0.25) is 0 Å². The fraction of sp³-hybridized carbons (Fsp3) is 0.185. The van der Waals surface area contributed by atoms with Gasteiger partial charge in [0.25, 0.3) is 0 Å². The Morgan fingerprint density at radius 3 is 2.23 bits per heavy atom. The number of hydrogen-bond donors (Lipinski definition) is 2. The number of aryl methyl sites for hydroxylation is 2. The van der Waals surface area contributed by atoms with Gasteiger partial charge in [0.05, 0.1) is 12.0 Å². The van der Waals surface area contributed by atoms with E-state index < -0.39 is 11.9 Å². The van der Waals surface area contributed by atoms with Crippen LogP contribution in [0.15, 0.2) is 79.3 Å². The highest BCUT2D eigenvalue weighted by molar-refractivity contribution is 6.08. The maximum absolute atomic E-state index is 12.8. The third kappa shape index (κ3) is 6.77. The third-order valence-electron chi connectivity index (χ3n) is 5.55. The van der Waals surface area contributed by atoms with Gasteiger partial charge in [0, 0.05) is 60.5 Å². The molecule has 0 radical (unpaired) electrons. The average Bonchev–Trinajstić information content (AvgIpc) is 3.37. The lowest BCUT2D eigenvalue weighted by Crippen LogP contribution is -2.04. The average molecular weight is 474 g/mol. The fourth-order valence-corrected chi connectivity index (χ4v) is 3.74. The minimum Gasteiger partial charge on any atom is -0.478 e. The van der Waals surface area contributed by atoms with Crippen molar-refractivity contribution in [1.82, 2.24) is 14.1 Å². The molecule has 8 nitrogen and oxygen atoms in total. The summed E-state index contributed by atoms with van der Waals surface area (Å²) < 4.78 is 4.16. The van der Waals surface area contributed by atoms with Crippen molar-refractivity contribution in [1.29, 1.82) is 0 Å². The summed E-state index contributed by atoms with van der Waals surface area (Å²) in [6.45, 7) is 2.88. The Labute approximate surface area is 202 Å². The first-order chi connectivity index (χ1) is 16.8. The van der Waals surface area contributed by atoms with E-state index in [1.807, 2.05) is 66.6 Å². The molecule has 4 aromatic rings. The lowest BCUT2D eigenvalue weighted by atomic mass is 10.0. The van der Waals surface area contributed by atoms with Crippen molar-refractivity contribution in [2.75, 3.05) is 0 Å². The van der Waals surface area contributed by atoms with Crippen molar-refractivity contribution in [2.24, 2.45) is 7.05 Å². The molecule has 0 unspecified atom stereocenters. The van der Waals surface area contributed by atoms with E-state index in [0.29, 0.717) is 25.0 Å². The Morgan fingerprint density at radius 2 is 1.57 bits per heavy atom. The highest BCUT2D eigenvalue weighted by Crippen LogP contribution is 2.22. The number of hydrogen-bond acceptors (Lipinski definition) is 4. The minimum absolute atomic E-state index is 0.170. The Balaban J connectivity index is 0.000000371. The minimum atomic E-state index is -1.26. The monoisotopic (exact) mass is 473 g/mol. The Morgan fingerprint density at radius 1 is 0.943 bits per heavy atom. The Hall–Kier alpha value is -4.46. The molecule has 0 spiro atoms. The quantitative estimate of drug-likeness (QED) is 0.292. The molecule has 0 amide bonds. The lowest BCUT2D eigenvalue weighted by Gasteiger charge is -2.06. The molecule has 2 heterocycles. The van der Waals surface area contributed by atoms with Crippen LogP contribution in [-0.2, 0) is 29.6 Å². The number of aliphatic carboxylic acids is 2. The fourth-order valence-electron chi connectivity index (χ4n) is 3.74. The highest BCUT2D eigenvalue weighted by atomic mass is 16.4. The molecule has 4 rings (SSSR count). The standard InChI is InChI=1S/C23H23N3O.C4H4O4/c1-17-21(24-16-26(17)14-18-8-4-3-5-9-18)12-13-23(27)20-15-25(2)22-11-7-6-10-19(20)22;5-3(6)1-2-4(7)8/h3-11,15-16H,12-14H2,1-2H3;1-2H,(H,5,6)(H,7,8). The number of aromatic nitrogens is 3. The first-order valence-corrected chi connectivity index (χ1v) is 11.0. The molecule has 0 saturated carbocycles. The molecule has 0 bridgehead atoms. The maximum Gasteiger partial charge on any atom is 0.328 e. The molecule has 8 heteroatoms. The van der Waals surface area contributed by atoms with E-state index >= 15 is 0 Å². The second-order valence-electron chi connectivity index (χ2n) is 7.99. The number of Topliss-reactive ketones (excluding diaryl/α,β-unsaturated/α-hetero) is 1. The molecule has 0 aliphatic heterocycles. The zero-order valence-corrected chi connectivity index (χ0v) is 19.6. The molecule has 2 aromatic heterocycles. The summed E-state index contributed by atoms with van der Waals surface area (Å²) in [5, 5.41) is 16.6. The van der Waals surface area contributed by atoms with Crippen molar-refractivity contribution in [3.63, 3.8) is 0 Å². The van der Waals surface area contributed by atoms with E-state index in [-0.39, 0.29) is 5.78 Å². The first kappa shape index (κ1) is 25.2. The number of ketones is 1. The first-order valence-electron chi connectivity index (χ1n) is 11.0. The van der Waals surface area contributed by atoms with Gasteiger partial charge < -0.3 is 19.3 Å². The molecule has 35 heavy (non-hydrogen) atoms. The number of para-hydroxylation sites is 1. The van der Waals surface area contributed by atoms with Crippen LogP contribution in [-0.4, -0.2) is 42.1 Å². The molecule has 0 aliphatic carbocycles. The van der Waals surface area contributed by atoms with Crippen molar-refractivity contribution in [2.45, 2.75) is 26.3 Å². The summed E-state index contributed by atoms with van der Waals surface area (Å²) in [6.07, 6.45) is 6.06. The van der Waals surface area contributed by atoms with Crippen molar-refractivity contribution in [3.8, 4) is 0 Å². The molecular formula is C27H27N3O5. The number of rotatable bonds is 8. The van der Waals surface area contributed by atoms with E-state index in [2.05, 4.69) is 28.6 Å². The molecule has 180 valence electrons. The number of carboxylic acids is 2. The van der Waals surface area contributed by atoms with E-state index in [1.165, 1.54) is 5.56 Å². The smallest absolute Gasteiger partial charge is 0.328 e. The van der Waals surface area contributed by atoms with Gasteiger partial charge >= 0.3 is 11.9 Å². The van der Waals surface area contributed by atoms with Crippen LogP contribution in [0.5, 0.6) is 0 Å². The summed E-state index contributed by atoms with van der Waals surface area (Å²) in [6, 6.07) is 18.4. The predicted octanol–water partition coefficient (Wildman–Crippen LogP) is 4.26. The number of imidazole rings is 1. The SMILES string of the molecule is Cc1c(CCC(=O)c2cn(C)c3ccccc23)ncn1Cc1ccccc1.O=C(O)C=CC(=O)O. The van der Waals surface area contributed by atoms with Crippen LogP contribution in [0.3, 0.4) is 0 Å². The van der Waals surface area contributed by atoms with Gasteiger partial charge in [-0.25, -0.2) is 14.6 Å². The van der Waals surface area contributed by atoms with Gasteiger partial charge in [0.2, 0.25) is 0 Å². The Bertz CT molecular complexity index is 1350. The summed E-state index contributed by atoms with van der Waals surface area (Å²) in [7, 11) is 1.98. The number of fused-ring (bicyclic) bond motifs is 1. The van der Waals surface area contributed by atoms with E-state index in [9.17, 15) is 14.4 Å². The Kier molecular flexibility index (Phi) is 8.34. The molecule has 0 atom stereocenters. The van der Waals surface area contributed by atoms with Crippen molar-refractivity contribution < 1.29 is 24.6 Å². The number of carbonyl (C=O) groups excluding carboxylic acids is 1. The number of nitrogens with zero attached hydrogens (tertiary/aromatic N) is 3. The molecular weight excluding hydrogens is 446 g/mol. The summed E-state index contributed by atoms with van der Waals surface area (Å²) in [5.41, 5.74) is 5.26. The topological polar surface area (TPSA) is 114 Å². The van der Waals surface area contributed by atoms with Gasteiger partial charge in [-0.3, -0.25) is 4.79 Å². The summed E-state index contributed by atoms with van der Waals surface area (Å²) >= 11 is 0. The molecule has 0 aliphatic rings. The number of carbonyl (C=O) groups is 3. The van der Waals surface area contributed by atoms with Gasteiger partial charge in [0.15, 0.2) is 5.78 Å². The third-order valence-corrected chi connectivity index (χ3v) is 5.55. The second-order valence-corrected chi connectivity index (χ2v) is 7.99. The van der Waals surface area contributed by atoms with E-state index in [4.69, 9.17) is 10.2 Å². The molecule has 0 saturated heterocycles. The summed E-state index contributed by atoms with van der Waals surface area (Å²) in [5.74, 6) is -2.34. The van der Waals surface area contributed by atoms with E-state index in [0.717, 1.165) is 34.4 Å². The van der Waals surface area contributed by atoms with Crippen molar-refractivity contribution >= 4 is 28.6 Å². The highest BCUT2D eigenvalue weighted by Gasteiger charge is 2.15. The normalized spacial score (nSPS) is 10.8. The van der Waals surface area contributed by atoms with Gasteiger partial charge in [0.1, 0.15) is 0 Å². The molecule has 2 N–H and O–H groups in total. The van der Waals surface area contributed by atoms with Crippen LogP contribution < -0.4 is 0 Å². The van der Waals surface area contributed by atoms with Crippen LogP contribution in [0, 0.1) is 6.92 Å². The van der Waals surface area contributed by atoms with Crippen LogP contribution in [0.4, 0.5) is 0 Å². The van der Waals surface area contributed by atoms with Gasteiger partial charge in [-0.15, -0.1) is 0 Å². The number of benzene rings is 2. The lowest BCUT2D eigenvalue weighted by molar-refractivity contribution is -0.134. The molecule has 0 fully saturated rings. The summed E-state index contributed by atoms with van der Waals surface area (Å²) in [4.78, 5) is 36.5. The zero-order chi connectivity index (χ0) is 25.4. The largest absolute Gasteiger partial charge is 0.478 e. The predicted molar refractivity (Wildman–Crippen MR) is 132 cm³/mol. The van der Waals surface area contributed by atoms with Gasteiger partial charge in [-0.2, -0.15) is 0 Å². The van der Waals surface area contributed by atoms with Gasteiger partial charge in [-0.1, -0.05) is 48.5 Å². The van der Waals surface area contributed by atoms with Crippen LogP contribution in [0.25, 0.3) is 10.9 Å². The van der Waals surface area contributed by atoms with Crippen molar-refractivity contribution in [3.05, 3.63) is 102 Å². The van der Waals surface area contributed by atoms with Crippen LogP contribution in [0.1, 0.15) is 33.7 Å².